The van der Waals surface area contributed by atoms with Crippen LogP contribution in [0.3, 0.4) is 0 Å². The molecule has 0 aromatic rings. The topological polar surface area (TPSA) is 21.3 Å². The van der Waals surface area contributed by atoms with Gasteiger partial charge in [-0.25, -0.2) is 0 Å². The number of hydrogen-bond acceptors (Lipinski definition) is 2. The van der Waals surface area contributed by atoms with Crippen LogP contribution in [0.1, 0.15) is 19.8 Å². The first-order chi connectivity index (χ1) is 5.84. The molecule has 12 heavy (non-hydrogen) atoms. The highest BCUT2D eigenvalue weighted by Gasteiger charge is 2.20. The van der Waals surface area contributed by atoms with E-state index < -0.39 is 0 Å². The summed E-state index contributed by atoms with van der Waals surface area (Å²) >= 11 is 0. The Balaban J connectivity index is 2.16. The largest absolute Gasteiger partial charge is 0.376 e. The third-order valence-electron chi connectivity index (χ3n) is 2.33. The van der Waals surface area contributed by atoms with Crippen molar-refractivity contribution < 1.29 is 4.74 Å². The minimum Gasteiger partial charge on any atom is -0.376 e. The van der Waals surface area contributed by atoms with Crippen LogP contribution in [0.15, 0.2) is 0 Å². The van der Waals surface area contributed by atoms with Crippen molar-refractivity contribution in [3.63, 3.8) is 0 Å². The molecule has 2 unspecified atom stereocenters. The van der Waals surface area contributed by atoms with Gasteiger partial charge in [0.1, 0.15) is 0 Å². The fraction of sp³-hybridized carbons (Fsp3) is 0.800. The Labute approximate surface area is 74.7 Å². The van der Waals surface area contributed by atoms with Crippen molar-refractivity contribution in [2.75, 3.05) is 19.7 Å². The summed E-state index contributed by atoms with van der Waals surface area (Å²) in [6.45, 7) is 5.04. The Morgan fingerprint density at radius 3 is 3.17 bits per heavy atom. The summed E-state index contributed by atoms with van der Waals surface area (Å²) in [6, 6.07) is 0. The third-order valence-corrected chi connectivity index (χ3v) is 2.33. The van der Waals surface area contributed by atoms with Gasteiger partial charge >= 0.3 is 0 Å². The van der Waals surface area contributed by atoms with Gasteiger partial charge in [0.2, 0.25) is 0 Å². The fourth-order valence-electron chi connectivity index (χ4n) is 1.45. The standard InChI is InChI=1S/C10H17NO/c1-3-4-7-12-10-8-11-6-5-9(10)2/h1,9-11H,4-8H2,2H3. The summed E-state index contributed by atoms with van der Waals surface area (Å²) < 4.78 is 5.63. The van der Waals surface area contributed by atoms with E-state index in [0.717, 1.165) is 19.5 Å². The molecule has 0 amide bonds. The van der Waals surface area contributed by atoms with Crippen LogP contribution >= 0.6 is 0 Å². The lowest BCUT2D eigenvalue weighted by atomic mass is 9.97. The molecule has 2 nitrogen and oxygen atoms in total. The second-order valence-corrected chi connectivity index (χ2v) is 3.33. The SMILES string of the molecule is C#CCCOC1CNCCC1C. The monoisotopic (exact) mass is 167 g/mol. The Morgan fingerprint density at radius 2 is 2.50 bits per heavy atom. The van der Waals surface area contributed by atoms with E-state index in [0.29, 0.717) is 18.6 Å². The highest BCUT2D eigenvalue weighted by molar-refractivity contribution is 4.83. The number of hydrogen-bond donors (Lipinski definition) is 1. The second-order valence-electron chi connectivity index (χ2n) is 3.33. The molecule has 0 spiro atoms. The molecular formula is C10H17NO. The zero-order valence-electron chi connectivity index (χ0n) is 7.68. The summed E-state index contributed by atoms with van der Waals surface area (Å²) in [5.41, 5.74) is 0. The first-order valence-electron chi connectivity index (χ1n) is 4.60. The van der Waals surface area contributed by atoms with Crippen LogP contribution in [0, 0.1) is 18.3 Å². The molecule has 1 aliphatic heterocycles. The summed E-state index contributed by atoms with van der Waals surface area (Å²) in [5.74, 6) is 3.25. The highest BCUT2D eigenvalue weighted by atomic mass is 16.5. The van der Waals surface area contributed by atoms with Crippen molar-refractivity contribution in [3.05, 3.63) is 0 Å². The minimum absolute atomic E-state index is 0.368. The van der Waals surface area contributed by atoms with E-state index in [4.69, 9.17) is 11.2 Å². The summed E-state index contributed by atoms with van der Waals surface area (Å²) in [5, 5.41) is 3.32. The molecule has 0 aromatic heterocycles. The number of terminal acetylenes is 1. The Bertz CT molecular complexity index is 162. The number of piperidine rings is 1. The molecule has 0 radical (unpaired) electrons. The number of rotatable bonds is 3. The number of ether oxygens (including phenoxy) is 1. The van der Waals surface area contributed by atoms with E-state index in [9.17, 15) is 0 Å². The third kappa shape index (κ3) is 2.84. The molecule has 2 atom stereocenters. The van der Waals surface area contributed by atoms with Crippen molar-refractivity contribution in [1.29, 1.82) is 0 Å². The zero-order valence-corrected chi connectivity index (χ0v) is 7.68. The highest BCUT2D eigenvalue weighted by Crippen LogP contribution is 2.14. The Morgan fingerprint density at radius 1 is 1.67 bits per heavy atom. The maximum absolute atomic E-state index is 5.63. The Kier molecular flexibility index (Phi) is 4.13. The van der Waals surface area contributed by atoms with E-state index in [1.165, 1.54) is 6.42 Å². The summed E-state index contributed by atoms with van der Waals surface area (Å²) in [7, 11) is 0. The minimum atomic E-state index is 0.368. The lowest BCUT2D eigenvalue weighted by Gasteiger charge is -2.29. The maximum atomic E-state index is 5.63. The molecule has 1 N–H and O–H groups in total. The van der Waals surface area contributed by atoms with Gasteiger partial charge in [0, 0.05) is 13.0 Å². The van der Waals surface area contributed by atoms with Gasteiger partial charge in [-0.1, -0.05) is 6.92 Å². The van der Waals surface area contributed by atoms with Gasteiger partial charge < -0.3 is 10.1 Å². The molecule has 0 bridgehead atoms. The van der Waals surface area contributed by atoms with Crippen LogP contribution < -0.4 is 5.32 Å². The molecule has 1 aliphatic rings. The van der Waals surface area contributed by atoms with E-state index in [-0.39, 0.29) is 0 Å². The predicted octanol–water partition coefficient (Wildman–Crippen LogP) is 1.02. The van der Waals surface area contributed by atoms with Crippen LogP contribution in [0.25, 0.3) is 0 Å². The molecular weight excluding hydrogens is 150 g/mol. The second kappa shape index (κ2) is 5.18. The van der Waals surface area contributed by atoms with Crippen molar-refractivity contribution in [3.8, 4) is 12.3 Å². The van der Waals surface area contributed by atoms with Crippen LogP contribution in [0.5, 0.6) is 0 Å². The van der Waals surface area contributed by atoms with Gasteiger partial charge in [0.15, 0.2) is 0 Å². The van der Waals surface area contributed by atoms with Gasteiger partial charge in [-0.15, -0.1) is 12.3 Å². The summed E-state index contributed by atoms with van der Waals surface area (Å²) in [4.78, 5) is 0. The quantitative estimate of drug-likeness (QED) is 0.500. The molecule has 1 rings (SSSR count). The lowest BCUT2D eigenvalue weighted by Crippen LogP contribution is -2.41. The molecule has 0 aliphatic carbocycles. The van der Waals surface area contributed by atoms with E-state index in [2.05, 4.69) is 18.2 Å². The smallest absolute Gasteiger partial charge is 0.0725 e. The van der Waals surface area contributed by atoms with E-state index >= 15 is 0 Å². The molecule has 0 aromatic carbocycles. The van der Waals surface area contributed by atoms with Gasteiger partial charge in [-0.05, 0) is 18.9 Å². The van der Waals surface area contributed by atoms with Crippen molar-refractivity contribution in [2.45, 2.75) is 25.9 Å². The molecule has 1 saturated heterocycles. The number of nitrogens with one attached hydrogen (secondary N) is 1. The average molecular weight is 167 g/mol. The van der Waals surface area contributed by atoms with Crippen molar-refractivity contribution >= 4 is 0 Å². The van der Waals surface area contributed by atoms with Gasteiger partial charge in [0.05, 0.1) is 12.7 Å². The van der Waals surface area contributed by atoms with Gasteiger partial charge in [-0.2, -0.15) is 0 Å². The summed E-state index contributed by atoms with van der Waals surface area (Å²) in [6.07, 6.45) is 7.44. The molecule has 68 valence electrons. The molecule has 1 fully saturated rings. The van der Waals surface area contributed by atoms with Crippen LogP contribution in [0.2, 0.25) is 0 Å². The molecule has 0 saturated carbocycles. The van der Waals surface area contributed by atoms with Crippen LogP contribution in [0.4, 0.5) is 0 Å². The van der Waals surface area contributed by atoms with Crippen LogP contribution in [-0.4, -0.2) is 25.8 Å². The molecule has 1 heterocycles. The van der Waals surface area contributed by atoms with Crippen molar-refractivity contribution in [1.82, 2.24) is 5.32 Å². The van der Waals surface area contributed by atoms with Crippen molar-refractivity contribution in [2.24, 2.45) is 5.92 Å². The maximum Gasteiger partial charge on any atom is 0.0725 e. The lowest BCUT2D eigenvalue weighted by molar-refractivity contribution is 0.00720. The van der Waals surface area contributed by atoms with Gasteiger partial charge in [0.25, 0.3) is 0 Å². The Hall–Kier alpha value is -0.520. The normalized spacial score (nSPS) is 29.7. The zero-order chi connectivity index (χ0) is 8.81. The fourth-order valence-corrected chi connectivity index (χ4v) is 1.45. The molecule has 2 heteroatoms. The predicted molar refractivity (Wildman–Crippen MR) is 49.8 cm³/mol. The average Bonchev–Trinajstić information content (AvgIpc) is 2.09. The van der Waals surface area contributed by atoms with Gasteiger partial charge in [-0.3, -0.25) is 0 Å². The first kappa shape index (κ1) is 9.57. The first-order valence-corrected chi connectivity index (χ1v) is 4.60. The van der Waals surface area contributed by atoms with E-state index in [1.54, 1.807) is 0 Å². The van der Waals surface area contributed by atoms with Crippen LogP contribution in [-0.2, 0) is 4.74 Å². The van der Waals surface area contributed by atoms with E-state index in [1.807, 2.05) is 0 Å².